The summed E-state index contributed by atoms with van der Waals surface area (Å²) in [6.45, 7) is 1.93. The fourth-order valence-corrected chi connectivity index (χ4v) is 1.61. The van der Waals surface area contributed by atoms with Gasteiger partial charge in [-0.1, -0.05) is 11.6 Å². The summed E-state index contributed by atoms with van der Waals surface area (Å²) in [7, 11) is 1.86. The van der Waals surface area contributed by atoms with Gasteiger partial charge in [-0.15, -0.1) is 0 Å². The molecule has 0 atom stereocenters. The van der Waals surface area contributed by atoms with E-state index in [4.69, 9.17) is 11.6 Å². The third kappa shape index (κ3) is 0.898. The van der Waals surface area contributed by atoms with Crippen molar-refractivity contribution in [2.45, 2.75) is 6.92 Å². The highest BCUT2D eigenvalue weighted by Gasteiger charge is 2.08. The molecule has 12 heavy (non-hydrogen) atoms. The van der Waals surface area contributed by atoms with Gasteiger partial charge in [-0.25, -0.2) is 4.98 Å². The molecule has 0 N–H and O–H groups in total. The van der Waals surface area contributed by atoms with Crippen molar-refractivity contribution >= 4 is 22.6 Å². The Kier molecular flexibility index (Phi) is 1.54. The Balaban J connectivity index is 2.99. The molecule has 2 aromatic heterocycles. The number of hydrogen-bond acceptors (Lipinski definition) is 2. The van der Waals surface area contributed by atoms with Gasteiger partial charge < -0.3 is 0 Å². The first-order chi connectivity index (χ1) is 5.70. The van der Waals surface area contributed by atoms with E-state index in [-0.39, 0.29) is 0 Å². The van der Waals surface area contributed by atoms with E-state index in [1.807, 2.05) is 14.0 Å². The van der Waals surface area contributed by atoms with E-state index in [0.717, 1.165) is 16.7 Å². The molecular formula is C8H8ClN3. The third-order valence-electron chi connectivity index (χ3n) is 1.85. The molecule has 3 nitrogen and oxygen atoms in total. The Morgan fingerprint density at radius 2 is 2.25 bits per heavy atom. The molecule has 0 saturated carbocycles. The molecule has 0 amide bonds. The maximum absolute atomic E-state index is 5.98. The van der Waals surface area contributed by atoms with Gasteiger partial charge in [0.25, 0.3) is 0 Å². The number of hydrogen-bond donors (Lipinski definition) is 0. The zero-order valence-electron chi connectivity index (χ0n) is 6.87. The molecule has 2 aromatic rings. The van der Waals surface area contributed by atoms with Crippen LogP contribution >= 0.6 is 11.6 Å². The van der Waals surface area contributed by atoms with Gasteiger partial charge in [0, 0.05) is 13.2 Å². The number of aryl methyl sites for hydroxylation is 2. The number of aromatic nitrogens is 3. The largest absolute Gasteiger partial charge is 0.250 e. The number of rotatable bonds is 0. The molecule has 0 aliphatic carbocycles. The second kappa shape index (κ2) is 2.45. The van der Waals surface area contributed by atoms with Gasteiger partial charge in [0.15, 0.2) is 5.65 Å². The predicted octanol–water partition coefficient (Wildman–Crippen LogP) is 1.93. The number of halogens is 1. The van der Waals surface area contributed by atoms with E-state index < -0.39 is 0 Å². The first-order valence-electron chi connectivity index (χ1n) is 3.64. The molecule has 0 aliphatic rings. The molecule has 0 unspecified atom stereocenters. The Bertz CT molecular complexity index is 433. The lowest BCUT2D eigenvalue weighted by atomic mass is 10.3. The summed E-state index contributed by atoms with van der Waals surface area (Å²) in [4.78, 5) is 4.18. The van der Waals surface area contributed by atoms with Crippen molar-refractivity contribution in [3.05, 3.63) is 23.0 Å². The van der Waals surface area contributed by atoms with Gasteiger partial charge in [0.2, 0.25) is 0 Å². The van der Waals surface area contributed by atoms with Crippen LogP contribution in [0.15, 0.2) is 12.3 Å². The molecule has 0 radical (unpaired) electrons. The number of pyridine rings is 1. The van der Waals surface area contributed by atoms with Crippen molar-refractivity contribution in [3.63, 3.8) is 0 Å². The topological polar surface area (TPSA) is 30.7 Å². The molecule has 0 aliphatic heterocycles. The minimum Gasteiger partial charge on any atom is -0.250 e. The number of nitrogens with zero attached hydrogens (tertiary/aromatic N) is 3. The van der Waals surface area contributed by atoms with Gasteiger partial charge in [0.1, 0.15) is 0 Å². The Morgan fingerprint density at radius 1 is 1.50 bits per heavy atom. The highest BCUT2D eigenvalue weighted by molar-refractivity contribution is 6.35. The summed E-state index contributed by atoms with van der Waals surface area (Å²) in [5.41, 5.74) is 1.76. The summed E-state index contributed by atoms with van der Waals surface area (Å²) >= 11 is 5.98. The monoisotopic (exact) mass is 181 g/mol. The second-order valence-electron chi connectivity index (χ2n) is 2.70. The average Bonchev–Trinajstić information content (AvgIpc) is 2.29. The maximum atomic E-state index is 5.98. The quantitative estimate of drug-likeness (QED) is 0.622. The van der Waals surface area contributed by atoms with Crippen molar-refractivity contribution < 1.29 is 0 Å². The first kappa shape index (κ1) is 7.55. The SMILES string of the molecule is Cc1nn(C)c2nccc(Cl)c12. The summed E-state index contributed by atoms with van der Waals surface area (Å²) in [5.74, 6) is 0. The summed E-state index contributed by atoms with van der Waals surface area (Å²) in [5, 5.41) is 5.88. The van der Waals surface area contributed by atoms with Gasteiger partial charge in [-0.3, -0.25) is 4.68 Å². The molecule has 0 spiro atoms. The van der Waals surface area contributed by atoms with Crippen LogP contribution in [-0.4, -0.2) is 14.8 Å². The molecule has 62 valence electrons. The van der Waals surface area contributed by atoms with Crippen molar-refractivity contribution in [2.75, 3.05) is 0 Å². The van der Waals surface area contributed by atoms with Crippen LogP contribution in [0.25, 0.3) is 11.0 Å². The molecule has 2 heterocycles. The standard InChI is InChI=1S/C8H8ClN3/c1-5-7-6(9)3-4-10-8(7)12(2)11-5/h3-4H,1-2H3. The van der Waals surface area contributed by atoms with Crippen molar-refractivity contribution in [1.29, 1.82) is 0 Å². The molecular weight excluding hydrogens is 174 g/mol. The van der Waals surface area contributed by atoms with E-state index in [0.29, 0.717) is 5.02 Å². The fourth-order valence-electron chi connectivity index (χ4n) is 1.33. The van der Waals surface area contributed by atoms with Crippen molar-refractivity contribution in [2.24, 2.45) is 7.05 Å². The van der Waals surface area contributed by atoms with Crippen LogP contribution in [0.4, 0.5) is 0 Å². The summed E-state index contributed by atoms with van der Waals surface area (Å²) in [6, 6.07) is 1.78. The third-order valence-corrected chi connectivity index (χ3v) is 2.16. The Morgan fingerprint density at radius 3 is 2.92 bits per heavy atom. The molecule has 0 bridgehead atoms. The van der Waals surface area contributed by atoms with E-state index >= 15 is 0 Å². The Hall–Kier alpha value is -1.09. The van der Waals surface area contributed by atoms with E-state index in [1.165, 1.54) is 0 Å². The molecule has 0 fully saturated rings. The number of fused-ring (bicyclic) bond motifs is 1. The molecule has 2 rings (SSSR count). The Labute approximate surface area is 75.0 Å². The van der Waals surface area contributed by atoms with Crippen molar-refractivity contribution in [3.8, 4) is 0 Å². The van der Waals surface area contributed by atoms with E-state index in [2.05, 4.69) is 10.1 Å². The highest BCUT2D eigenvalue weighted by Crippen LogP contribution is 2.23. The van der Waals surface area contributed by atoms with Crippen LogP contribution in [0.2, 0.25) is 5.02 Å². The van der Waals surface area contributed by atoms with Crippen LogP contribution < -0.4 is 0 Å². The smallest absolute Gasteiger partial charge is 0.159 e. The minimum absolute atomic E-state index is 0.714. The van der Waals surface area contributed by atoms with Crippen LogP contribution in [0.5, 0.6) is 0 Å². The zero-order chi connectivity index (χ0) is 8.72. The lowest BCUT2D eigenvalue weighted by Crippen LogP contribution is -1.90. The lowest BCUT2D eigenvalue weighted by molar-refractivity contribution is 0.774. The fraction of sp³-hybridized carbons (Fsp3) is 0.250. The highest BCUT2D eigenvalue weighted by atomic mass is 35.5. The zero-order valence-corrected chi connectivity index (χ0v) is 7.63. The lowest BCUT2D eigenvalue weighted by Gasteiger charge is -1.93. The van der Waals surface area contributed by atoms with Gasteiger partial charge in [-0.2, -0.15) is 5.10 Å². The predicted molar refractivity (Wildman–Crippen MR) is 48.3 cm³/mol. The van der Waals surface area contributed by atoms with Gasteiger partial charge >= 0.3 is 0 Å². The maximum Gasteiger partial charge on any atom is 0.159 e. The summed E-state index contributed by atoms with van der Waals surface area (Å²) < 4.78 is 1.73. The molecule has 4 heteroatoms. The summed E-state index contributed by atoms with van der Waals surface area (Å²) in [6.07, 6.45) is 1.69. The average molecular weight is 182 g/mol. The van der Waals surface area contributed by atoms with E-state index in [9.17, 15) is 0 Å². The molecule has 0 saturated heterocycles. The van der Waals surface area contributed by atoms with Crippen LogP contribution in [0.3, 0.4) is 0 Å². The van der Waals surface area contributed by atoms with Crippen LogP contribution in [-0.2, 0) is 7.05 Å². The van der Waals surface area contributed by atoms with Crippen LogP contribution in [0, 0.1) is 6.92 Å². The first-order valence-corrected chi connectivity index (χ1v) is 4.02. The van der Waals surface area contributed by atoms with Gasteiger partial charge in [-0.05, 0) is 13.0 Å². The molecule has 0 aromatic carbocycles. The minimum atomic E-state index is 0.714. The normalized spacial score (nSPS) is 10.9. The van der Waals surface area contributed by atoms with E-state index in [1.54, 1.807) is 16.9 Å². The van der Waals surface area contributed by atoms with Crippen molar-refractivity contribution in [1.82, 2.24) is 14.8 Å². The second-order valence-corrected chi connectivity index (χ2v) is 3.11. The van der Waals surface area contributed by atoms with Gasteiger partial charge in [0.05, 0.1) is 16.1 Å². The van der Waals surface area contributed by atoms with Crippen LogP contribution in [0.1, 0.15) is 5.69 Å².